The van der Waals surface area contributed by atoms with Crippen LogP contribution >= 0.6 is 0 Å². The number of halogens is 1. The van der Waals surface area contributed by atoms with Crippen LogP contribution in [0.1, 0.15) is 33.4 Å². The summed E-state index contributed by atoms with van der Waals surface area (Å²) < 4.78 is 13.5. The molecule has 0 aliphatic heterocycles. The highest BCUT2D eigenvalue weighted by Gasteiger charge is 2.15. The van der Waals surface area contributed by atoms with Gasteiger partial charge in [-0.1, -0.05) is 18.2 Å². The summed E-state index contributed by atoms with van der Waals surface area (Å²) >= 11 is 0. The Hall–Kier alpha value is -2.27. The summed E-state index contributed by atoms with van der Waals surface area (Å²) in [5.74, 6) is -0.831. The van der Waals surface area contributed by atoms with Gasteiger partial charge >= 0.3 is 0 Å². The summed E-state index contributed by atoms with van der Waals surface area (Å²) in [6, 6.07) is 9.37. The standard InChI is InChI=1S/C16H17FN2O2/c1-10-7-8-12(11(2)19-10)16(21)18-9-15(20)13-5-3-4-6-14(13)17/h3-8,15,20H,9H2,1-2H3,(H,18,21). The number of hydrogen-bond donors (Lipinski definition) is 2. The molecule has 2 rings (SSSR count). The molecular formula is C16H17FN2O2. The molecule has 0 saturated heterocycles. The summed E-state index contributed by atoms with van der Waals surface area (Å²) in [4.78, 5) is 16.3. The first kappa shape index (κ1) is 15.1. The SMILES string of the molecule is Cc1ccc(C(=O)NCC(O)c2ccccc2F)c(C)n1. The van der Waals surface area contributed by atoms with E-state index in [0.29, 0.717) is 11.3 Å². The number of nitrogens with one attached hydrogen (secondary N) is 1. The first-order chi connectivity index (χ1) is 9.99. The molecule has 1 aromatic heterocycles. The van der Waals surface area contributed by atoms with Crippen LogP contribution in [0.5, 0.6) is 0 Å². The van der Waals surface area contributed by atoms with Gasteiger partial charge < -0.3 is 10.4 Å². The molecule has 0 bridgehead atoms. The number of aliphatic hydroxyl groups excluding tert-OH is 1. The fourth-order valence-electron chi connectivity index (χ4n) is 2.07. The third-order valence-corrected chi connectivity index (χ3v) is 3.19. The Morgan fingerprint density at radius 1 is 1.29 bits per heavy atom. The summed E-state index contributed by atoms with van der Waals surface area (Å²) in [7, 11) is 0. The topological polar surface area (TPSA) is 62.2 Å². The van der Waals surface area contributed by atoms with Gasteiger partial charge in [0.15, 0.2) is 0 Å². The zero-order valence-electron chi connectivity index (χ0n) is 11.9. The van der Waals surface area contributed by atoms with Gasteiger partial charge in [0.2, 0.25) is 0 Å². The highest BCUT2D eigenvalue weighted by molar-refractivity contribution is 5.95. The molecule has 2 N–H and O–H groups in total. The van der Waals surface area contributed by atoms with Gasteiger partial charge in [0.1, 0.15) is 5.82 Å². The van der Waals surface area contributed by atoms with Crippen LogP contribution in [-0.2, 0) is 0 Å². The molecule has 1 heterocycles. The number of pyridine rings is 1. The number of carbonyl (C=O) groups is 1. The van der Waals surface area contributed by atoms with Crippen LogP contribution in [-0.4, -0.2) is 22.5 Å². The summed E-state index contributed by atoms with van der Waals surface area (Å²) in [6.07, 6.45) is -1.09. The normalized spacial score (nSPS) is 12.0. The van der Waals surface area contributed by atoms with E-state index in [0.717, 1.165) is 5.69 Å². The van der Waals surface area contributed by atoms with Crippen LogP contribution in [0.3, 0.4) is 0 Å². The number of aryl methyl sites for hydroxylation is 2. The van der Waals surface area contributed by atoms with Crippen LogP contribution in [0.25, 0.3) is 0 Å². The van der Waals surface area contributed by atoms with E-state index in [1.807, 2.05) is 6.92 Å². The Labute approximate surface area is 122 Å². The lowest BCUT2D eigenvalue weighted by molar-refractivity contribution is 0.0913. The molecule has 0 aliphatic rings. The van der Waals surface area contributed by atoms with E-state index in [-0.39, 0.29) is 18.0 Å². The second-order valence-electron chi connectivity index (χ2n) is 4.83. The molecule has 1 amide bonds. The zero-order valence-corrected chi connectivity index (χ0v) is 11.9. The fourth-order valence-corrected chi connectivity index (χ4v) is 2.07. The van der Waals surface area contributed by atoms with Gasteiger partial charge in [-0.15, -0.1) is 0 Å². The van der Waals surface area contributed by atoms with Gasteiger partial charge in [-0.25, -0.2) is 4.39 Å². The average Bonchev–Trinajstić information content (AvgIpc) is 2.45. The van der Waals surface area contributed by atoms with Crippen molar-refractivity contribution in [2.24, 2.45) is 0 Å². The van der Waals surface area contributed by atoms with Crippen molar-refractivity contribution < 1.29 is 14.3 Å². The van der Waals surface area contributed by atoms with Crippen LogP contribution in [0, 0.1) is 19.7 Å². The molecule has 21 heavy (non-hydrogen) atoms. The number of hydrogen-bond acceptors (Lipinski definition) is 3. The second-order valence-corrected chi connectivity index (χ2v) is 4.83. The van der Waals surface area contributed by atoms with Crippen molar-refractivity contribution in [2.45, 2.75) is 20.0 Å². The molecule has 5 heteroatoms. The van der Waals surface area contributed by atoms with E-state index in [4.69, 9.17) is 0 Å². The van der Waals surface area contributed by atoms with Crippen LogP contribution in [0.2, 0.25) is 0 Å². The maximum Gasteiger partial charge on any atom is 0.253 e. The van der Waals surface area contributed by atoms with E-state index in [9.17, 15) is 14.3 Å². The van der Waals surface area contributed by atoms with Crippen molar-refractivity contribution in [2.75, 3.05) is 6.54 Å². The van der Waals surface area contributed by atoms with E-state index < -0.39 is 11.9 Å². The first-order valence-electron chi connectivity index (χ1n) is 6.64. The Bertz CT molecular complexity index is 658. The first-order valence-corrected chi connectivity index (χ1v) is 6.64. The number of aliphatic hydroxyl groups is 1. The molecule has 0 aliphatic carbocycles. The lowest BCUT2D eigenvalue weighted by Gasteiger charge is -2.13. The molecule has 110 valence electrons. The van der Waals surface area contributed by atoms with Crippen molar-refractivity contribution in [3.05, 3.63) is 64.7 Å². The Morgan fingerprint density at radius 3 is 2.67 bits per heavy atom. The van der Waals surface area contributed by atoms with E-state index in [1.165, 1.54) is 12.1 Å². The van der Waals surface area contributed by atoms with Gasteiger partial charge in [0.05, 0.1) is 17.4 Å². The largest absolute Gasteiger partial charge is 0.386 e. The molecule has 0 saturated carbocycles. The predicted molar refractivity (Wildman–Crippen MR) is 77.4 cm³/mol. The second kappa shape index (κ2) is 6.45. The molecule has 1 aromatic carbocycles. The molecule has 4 nitrogen and oxygen atoms in total. The van der Waals surface area contributed by atoms with Gasteiger partial charge in [0.25, 0.3) is 5.91 Å². The minimum Gasteiger partial charge on any atom is -0.386 e. The minimum absolute atomic E-state index is 0.0624. The van der Waals surface area contributed by atoms with Gasteiger partial charge in [-0.2, -0.15) is 0 Å². The fraction of sp³-hybridized carbons (Fsp3) is 0.250. The maximum atomic E-state index is 13.5. The number of amides is 1. The number of benzene rings is 1. The third-order valence-electron chi connectivity index (χ3n) is 3.19. The van der Waals surface area contributed by atoms with Crippen LogP contribution < -0.4 is 5.32 Å². The molecule has 1 unspecified atom stereocenters. The lowest BCUT2D eigenvalue weighted by Crippen LogP contribution is -2.29. The highest BCUT2D eigenvalue weighted by atomic mass is 19.1. The van der Waals surface area contributed by atoms with Crippen molar-refractivity contribution in [1.29, 1.82) is 0 Å². The van der Waals surface area contributed by atoms with Crippen LogP contribution in [0.15, 0.2) is 36.4 Å². The van der Waals surface area contributed by atoms with E-state index >= 15 is 0 Å². The molecule has 0 spiro atoms. The summed E-state index contributed by atoms with van der Waals surface area (Å²) in [5, 5.41) is 12.5. The van der Waals surface area contributed by atoms with Crippen molar-refractivity contribution in [1.82, 2.24) is 10.3 Å². The quantitative estimate of drug-likeness (QED) is 0.907. The number of aromatic nitrogens is 1. The highest BCUT2D eigenvalue weighted by Crippen LogP contribution is 2.16. The van der Waals surface area contributed by atoms with E-state index in [1.54, 1.807) is 31.2 Å². The average molecular weight is 288 g/mol. The van der Waals surface area contributed by atoms with Crippen molar-refractivity contribution >= 4 is 5.91 Å². The lowest BCUT2D eigenvalue weighted by atomic mass is 10.1. The molecule has 0 fully saturated rings. The Balaban J connectivity index is 2.02. The van der Waals surface area contributed by atoms with Gasteiger partial charge in [-0.3, -0.25) is 9.78 Å². The van der Waals surface area contributed by atoms with Gasteiger partial charge in [0, 0.05) is 17.8 Å². The number of carbonyl (C=O) groups excluding carboxylic acids is 1. The molecule has 0 radical (unpaired) electrons. The molecule has 2 aromatic rings. The number of nitrogens with zero attached hydrogens (tertiary/aromatic N) is 1. The van der Waals surface area contributed by atoms with E-state index in [2.05, 4.69) is 10.3 Å². The summed E-state index contributed by atoms with van der Waals surface area (Å²) in [6.45, 7) is 3.53. The van der Waals surface area contributed by atoms with Crippen molar-refractivity contribution in [3.63, 3.8) is 0 Å². The Morgan fingerprint density at radius 2 is 2.00 bits per heavy atom. The van der Waals surface area contributed by atoms with Crippen LogP contribution in [0.4, 0.5) is 4.39 Å². The smallest absolute Gasteiger partial charge is 0.253 e. The maximum absolute atomic E-state index is 13.5. The zero-order chi connectivity index (χ0) is 15.4. The monoisotopic (exact) mass is 288 g/mol. The molecule has 1 atom stereocenters. The van der Waals surface area contributed by atoms with Gasteiger partial charge in [-0.05, 0) is 32.0 Å². The minimum atomic E-state index is -1.09. The predicted octanol–water partition coefficient (Wildman–Crippen LogP) is 2.30. The van der Waals surface area contributed by atoms with Crippen molar-refractivity contribution in [3.8, 4) is 0 Å². The Kier molecular flexibility index (Phi) is 4.65. The molecular weight excluding hydrogens is 271 g/mol. The number of rotatable bonds is 4. The summed E-state index contributed by atoms with van der Waals surface area (Å²) in [5.41, 5.74) is 2.06. The third kappa shape index (κ3) is 3.64.